The number of hydrogen-bond acceptors (Lipinski definition) is 15. The third-order valence-corrected chi connectivity index (χ3v) is 19.0. The van der Waals surface area contributed by atoms with Crippen molar-refractivity contribution in [3.8, 4) is 0 Å². The number of hydrogen-bond donors (Lipinski definition) is 3. The Bertz CT molecular complexity index is 1770. The van der Waals surface area contributed by atoms with E-state index in [4.69, 9.17) is 37.0 Å². The predicted molar refractivity (Wildman–Crippen MR) is 368 cm³/mol. The summed E-state index contributed by atoms with van der Waals surface area (Å²) in [4.78, 5) is 72.5. The van der Waals surface area contributed by atoms with Gasteiger partial charge in [0.2, 0.25) is 0 Å². The van der Waals surface area contributed by atoms with E-state index in [0.717, 1.165) is 108 Å². The van der Waals surface area contributed by atoms with Gasteiger partial charge in [0.15, 0.2) is 12.2 Å². The highest BCUT2D eigenvalue weighted by molar-refractivity contribution is 7.47. The largest absolute Gasteiger partial charge is 0.472 e. The molecule has 0 rings (SSSR count). The van der Waals surface area contributed by atoms with E-state index in [2.05, 4.69) is 41.5 Å². The van der Waals surface area contributed by atoms with Crippen LogP contribution >= 0.6 is 15.6 Å². The van der Waals surface area contributed by atoms with Crippen LogP contribution in [0.15, 0.2) is 0 Å². The van der Waals surface area contributed by atoms with E-state index in [0.29, 0.717) is 25.7 Å². The number of ether oxygens (including phenoxy) is 4. The van der Waals surface area contributed by atoms with E-state index < -0.39 is 97.5 Å². The monoisotopic (exact) mass is 1340 g/mol. The molecule has 0 fully saturated rings. The van der Waals surface area contributed by atoms with E-state index in [-0.39, 0.29) is 25.7 Å². The molecule has 3 N–H and O–H groups in total. The van der Waals surface area contributed by atoms with Crippen LogP contribution in [0.4, 0.5) is 0 Å². The van der Waals surface area contributed by atoms with E-state index >= 15 is 0 Å². The van der Waals surface area contributed by atoms with Crippen LogP contribution in [0.2, 0.25) is 0 Å². The molecule has 0 aromatic rings. The summed E-state index contributed by atoms with van der Waals surface area (Å²) in [5.41, 5.74) is 0. The average molecular weight is 1340 g/mol. The number of carbonyl (C=O) groups is 4. The molecule has 0 heterocycles. The van der Waals surface area contributed by atoms with E-state index in [1.54, 1.807) is 0 Å². The Morgan fingerprint density at radius 1 is 0.319 bits per heavy atom. The summed E-state index contributed by atoms with van der Waals surface area (Å²) in [6.07, 6.45) is 49.9. The van der Waals surface area contributed by atoms with Crippen molar-refractivity contribution in [2.75, 3.05) is 39.6 Å². The van der Waals surface area contributed by atoms with Crippen LogP contribution in [0.1, 0.15) is 369 Å². The summed E-state index contributed by atoms with van der Waals surface area (Å²) in [5, 5.41) is 10.6. The Labute approximate surface area is 556 Å². The summed E-state index contributed by atoms with van der Waals surface area (Å²) in [6.45, 7) is 9.56. The Morgan fingerprint density at radius 2 is 0.560 bits per heavy atom. The molecular formula is C72H140O17P2. The Hall–Kier alpha value is -1.94. The minimum absolute atomic E-state index is 0.105. The van der Waals surface area contributed by atoms with Crippen LogP contribution < -0.4 is 0 Å². The topological polar surface area (TPSA) is 237 Å². The molecule has 3 unspecified atom stereocenters. The maximum Gasteiger partial charge on any atom is 0.472 e. The molecule has 17 nitrogen and oxygen atoms in total. The van der Waals surface area contributed by atoms with Crippen LogP contribution in [-0.4, -0.2) is 96.7 Å². The minimum Gasteiger partial charge on any atom is -0.462 e. The van der Waals surface area contributed by atoms with Crippen molar-refractivity contribution in [2.24, 2.45) is 11.8 Å². The third kappa shape index (κ3) is 65.1. The lowest BCUT2D eigenvalue weighted by atomic mass is 9.99. The first-order chi connectivity index (χ1) is 43.9. The lowest BCUT2D eigenvalue weighted by Crippen LogP contribution is -2.30. The number of aliphatic hydroxyl groups excluding tert-OH is 1. The number of esters is 4. The second-order valence-electron chi connectivity index (χ2n) is 26.7. The van der Waals surface area contributed by atoms with Crippen molar-refractivity contribution in [1.29, 1.82) is 0 Å². The maximum atomic E-state index is 13.0. The zero-order valence-electron chi connectivity index (χ0n) is 59.1. The highest BCUT2D eigenvalue weighted by Gasteiger charge is 2.30. The van der Waals surface area contributed by atoms with Crippen molar-refractivity contribution in [2.45, 2.75) is 387 Å². The smallest absolute Gasteiger partial charge is 0.462 e. The van der Waals surface area contributed by atoms with E-state index in [1.807, 2.05) is 0 Å². The van der Waals surface area contributed by atoms with Crippen LogP contribution in [0.25, 0.3) is 0 Å². The lowest BCUT2D eigenvalue weighted by Gasteiger charge is -2.21. The van der Waals surface area contributed by atoms with Gasteiger partial charge in [-0.15, -0.1) is 0 Å². The second-order valence-corrected chi connectivity index (χ2v) is 29.6. The zero-order chi connectivity index (χ0) is 67.2. The number of carbonyl (C=O) groups excluding carboxylic acids is 4. The Balaban J connectivity index is 5.21. The molecule has 6 atom stereocenters. The van der Waals surface area contributed by atoms with E-state index in [1.165, 1.54) is 180 Å². The highest BCUT2D eigenvalue weighted by Crippen LogP contribution is 2.45. The minimum atomic E-state index is -4.95. The summed E-state index contributed by atoms with van der Waals surface area (Å²) in [6, 6.07) is 0. The molecule has 0 bridgehead atoms. The van der Waals surface area contributed by atoms with Gasteiger partial charge in [0.05, 0.1) is 26.4 Å². The Morgan fingerprint density at radius 3 is 0.835 bits per heavy atom. The first-order valence-electron chi connectivity index (χ1n) is 37.5. The lowest BCUT2D eigenvalue weighted by molar-refractivity contribution is -0.161. The predicted octanol–water partition coefficient (Wildman–Crippen LogP) is 20.8. The molecule has 0 aromatic heterocycles. The standard InChI is InChI=1S/C72H140O17P2/c1-7-10-12-14-16-18-19-23-27-30-37-43-49-55-70(75)83-61-68(88-71(76)56-50-44-38-31-28-25-22-20-21-24-26-29-34-40-46-52-64(4)5)63-87-91(80,81)85-59-66(73)58-84-90(78,79)86-62-67(60-82-69(74)54-48-42-36-17-15-13-11-8-2)89-72(77)57-51-45-39-33-32-35-41-47-53-65(6)9-3/h64-68,73H,7-63H2,1-6H3,(H,78,79)(H,80,81)/t65?,66-,67+,68+/m0/s1. The van der Waals surface area contributed by atoms with Crippen molar-refractivity contribution < 1.29 is 80.2 Å². The van der Waals surface area contributed by atoms with Crippen LogP contribution in [0, 0.1) is 11.8 Å². The molecule has 0 aromatic carbocycles. The molecule has 0 aliphatic heterocycles. The highest BCUT2D eigenvalue weighted by atomic mass is 31.2. The molecule has 0 radical (unpaired) electrons. The molecule has 0 aliphatic rings. The number of rotatable bonds is 71. The molecule has 91 heavy (non-hydrogen) atoms. The van der Waals surface area contributed by atoms with Gasteiger partial charge in [-0.05, 0) is 37.5 Å². The summed E-state index contributed by atoms with van der Waals surface area (Å²) in [5.74, 6) is -0.551. The van der Waals surface area contributed by atoms with Crippen molar-refractivity contribution in [1.82, 2.24) is 0 Å². The normalized spacial score (nSPS) is 14.4. The molecule has 19 heteroatoms. The van der Waals surface area contributed by atoms with Gasteiger partial charge in [0.1, 0.15) is 19.3 Å². The van der Waals surface area contributed by atoms with Gasteiger partial charge in [0, 0.05) is 25.7 Å². The van der Waals surface area contributed by atoms with Gasteiger partial charge >= 0.3 is 39.5 Å². The van der Waals surface area contributed by atoms with Crippen molar-refractivity contribution >= 4 is 39.5 Å². The number of phosphoric acid groups is 2. The van der Waals surface area contributed by atoms with Crippen molar-refractivity contribution in [3.05, 3.63) is 0 Å². The first kappa shape index (κ1) is 89.1. The fraction of sp³-hybridized carbons (Fsp3) is 0.944. The zero-order valence-corrected chi connectivity index (χ0v) is 60.9. The fourth-order valence-corrected chi connectivity index (χ4v) is 12.5. The molecule has 0 amide bonds. The molecule has 0 spiro atoms. The van der Waals surface area contributed by atoms with Gasteiger partial charge in [-0.2, -0.15) is 0 Å². The Kier molecular flexibility index (Phi) is 62.7. The van der Waals surface area contributed by atoms with Gasteiger partial charge < -0.3 is 33.8 Å². The number of unbranched alkanes of at least 4 members (excludes halogenated alkanes) is 40. The van der Waals surface area contributed by atoms with E-state index in [9.17, 15) is 43.2 Å². The van der Waals surface area contributed by atoms with Crippen molar-refractivity contribution in [3.63, 3.8) is 0 Å². The summed E-state index contributed by atoms with van der Waals surface area (Å²) < 4.78 is 68.3. The quantitative estimate of drug-likeness (QED) is 0.0222. The average Bonchev–Trinajstić information content (AvgIpc) is 3.29. The van der Waals surface area contributed by atoms with Gasteiger partial charge in [-0.3, -0.25) is 37.3 Å². The third-order valence-electron chi connectivity index (χ3n) is 17.1. The SMILES string of the molecule is CCCCCCCCCCCCCCCC(=O)OC[C@H](COP(=O)(O)OC[C@@H](O)COP(=O)(O)OC[C@@H](COC(=O)CCCCCCCCCC)OC(=O)CCCCCCCCCCC(C)CC)OC(=O)CCCCCCCCCCCCCCCCCC(C)C. The molecule has 0 saturated heterocycles. The number of phosphoric ester groups is 2. The van der Waals surface area contributed by atoms with Crippen LogP contribution in [-0.2, 0) is 65.4 Å². The number of aliphatic hydroxyl groups is 1. The fourth-order valence-electron chi connectivity index (χ4n) is 10.9. The van der Waals surface area contributed by atoms with Gasteiger partial charge in [-0.1, -0.05) is 318 Å². The first-order valence-corrected chi connectivity index (χ1v) is 40.5. The van der Waals surface area contributed by atoms with Crippen LogP contribution in [0.3, 0.4) is 0 Å². The summed E-state index contributed by atoms with van der Waals surface area (Å²) >= 11 is 0. The second kappa shape index (κ2) is 64.1. The molecule has 0 saturated carbocycles. The van der Waals surface area contributed by atoms with Gasteiger partial charge in [0.25, 0.3) is 0 Å². The molecular weight excluding hydrogens is 1200 g/mol. The molecule has 540 valence electrons. The van der Waals surface area contributed by atoms with Gasteiger partial charge in [-0.25, -0.2) is 9.13 Å². The maximum absolute atomic E-state index is 13.0. The summed E-state index contributed by atoms with van der Waals surface area (Å²) in [7, 11) is -9.90. The molecule has 0 aliphatic carbocycles. The van der Waals surface area contributed by atoms with Crippen LogP contribution in [0.5, 0.6) is 0 Å².